The number of benzene rings is 8. The van der Waals surface area contributed by atoms with E-state index >= 15 is 0 Å². The van der Waals surface area contributed by atoms with E-state index in [1.165, 1.54) is 22.3 Å². The number of nitrogens with zero attached hydrogens (tertiary/aromatic N) is 3. The number of rotatable bonds is 4. The monoisotopic (exact) mass is 713 g/mol. The molecule has 9 aromatic rings. The summed E-state index contributed by atoms with van der Waals surface area (Å²) in [4.78, 5) is 10.2. The Bertz CT molecular complexity index is 3020. The van der Waals surface area contributed by atoms with Gasteiger partial charge in [-0.3, -0.25) is 0 Å². The van der Waals surface area contributed by atoms with Crippen molar-refractivity contribution in [2.75, 3.05) is 0 Å². The van der Waals surface area contributed by atoms with Gasteiger partial charge in [-0.25, -0.2) is 9.97 Å². The zero-order valence-corrected chi connectivity index (χ0v) is 30.1. The minimum atomic E-state index is -0.479. The molecule has 11 rings (SSSR count). The summed E-state index contributed by atoms with van der Waals surface area (Å²) in [5.74, 6) is 2.47. The lowest BCUT2D eigenvalue weighted by Gasteiger charge is -2.39. The van der Waals surface area contributed by atoms with Gasteiger partial charge in [-0.2, -0.15) is 5.26 Å². The maximum absolute atomic E-state index is 9.39. The van der Waals surface area contributed by atoms with Crippen LogP contribution in [0, 0.1) is 11.3 Å². The van der Waals surface area contributed by atoms with Crippen LogP contribution in [-0.4, -0.2) is 9.97 Å². The largest absolute Gasteiger partial charge is 0.457 e. The molecular weight excluding hydrogens is 683 g/mol. The van der Waals surface area contributed by atoms with Crippen LogP contribution in [0.2, 0.25) is 0 Å². The molecule has 260 valence electrons. The molecule has 56 heavy (non-hydrogen) atoms. The Morgan fingerprint density at radius 2 is 1.00 bits per heavy atom. The fourth-order valence-electron chi connectivity index (χ4n) is 8.86. The van der Waals surface area contributed by atoms with Crippen LogP contribution in [0.1, 0.15) is 27.8 Å². The minimum Gasteiger partial charge on any atom is -0.457 e. The van der Waals surface area contributed by atoms with Crippen molar-refractivity contribution in [3.63, 3.8) is 0 Å². The second-order valence-electron chi connectivity index (χ2n) is 14.4. The molecule has 0 N–H and O–H groups in total. The Hall–Kier alpha value is -7.61. The Kier molecular flexibility index (Phi) is 7.10. The van der Waals surface area contributed by atoms with Gasteiger partial charge in [0.2, 0.25) is 0 Å². The lowest BCUT2D eigenvalue weighted by atomic mass is 9.66. The highest BCUT2D eigenvalue weighted by Gasteiger charge is 2.50. The topological polar surface area (TPSA) is 58.8 Å². The Morgan fingerprint density at radius 3 is 1.73 bits per heavy atom. The van der Waals surface area contributed by atoms with Crippen molar-refractivity contribution in [1.29, 1.82) is 5.26 Å². The summed E-state index contributed by atoms with van der Waals surface area (Å²) in [6.45, 7) is 0. The van der Waals surface area contributed by atoms with Gasteiger partial charge in [0, 0.05) is 27.6 Å². The van der Waals surface area contributed by atoms with Crippen molar-refractivity contribution in [2.45, 2.75) is 5.41 Å². The van der Waals surface area contributed by atoms with Crippen LogP contribution in [0.25, 0.3) is 66.9 Å². The first-order chi connectivity index (χ1) is 27.7. The standard InChI is InChI=1S/C52H31N3O/c53-32-33-10-9-11-38(30-33)34-20-24-36(25-21-34)50-41-13-2-6-17-47(41)54-51(55-50)37-26-22-35(23-27-37)39-28-29-44-42(31-39)40-12-1-3-14-43(40)52(44)45-15-4-7-18-48(45)56-49-19-8-5-16-46(49)52/h1-31H. The van der Waals surface area contributed by atoms with E-state index in [-0.39, 0.29) is 0 Å². The minimum absolute atomic E-state index is 0.479. The highest BCUT2D eigenvalue weighted by molar-refractivity contribution is 5.94. The lowest BCUT2D eigenvalue weighted by Crippen LogP contribution is -2.32. The van der Waals surface area contributed by atoms with Crippen molar-refractivity contribution in [2.24, 2.45) is 0 Å². The van der Waals surface area contributed by atoms with Crippen molar-refractivity contribution in [3.05, 3.63) is 216 Å². The van der Waals surface area contributed by atoms with Gasteiger partial charge in [0.15, 0.2) is 5.82 Å². The van der Waals surface area contributed by atoms with E-state index in [0.29, 0.717) is 11.4 Å². The molecular formula is C52H31N3O. The van der Waals surface area contributed by atoms with E-state index in [9.17, 15) is 5.26 Å². The normalized spacial score (nSPS) is 12.9. The highest BCUT2D eigenvalue weighted by Crippen LogP contribution is 2.62. The van der Waals surface area contributed by atoms with Gasteiger partial charge < -0.3 is 4.74 Å². The summed E-state index contributed by atoms with van der Waals surface area (Å²) in [5, 5.41) is 10.4. The van der Waals surface area contributed by atoms with Crippen molar-refractivity contribution >= 4 is 10.9 Å². The van der Waals surface area contributed by atoms with Crippen LogP contribution in [-0.2, 0) is 5.41 Å². The average molecular weight is 714 g/mol. The molecule has 0 amide bonds. The summed E-state index contributed by atoms with van der Waals surface area (Å²) in [7, 11) is 0. The summed E-state index contributed by atoms with van der Waals surface area (Å²) in [5.41, 5.74) is 15.6. The Morgan fingerprint density at radius 1 is 0.429 bits per heavy atom. The first-order valence-corrected chi connectivity index (χ1v) is 18.8. The number of para-hydroxylation sites is 3. The second kappa shape index (κ2) is 12.5. The first kappa shape index (κ1) is 31.9. The zero-order valence-electron chi connectivity index (χ0n) is 30.1. The molecule has 0 saturated heterocycles. The predicted molar refractivity (Wildman–Crippen MR) is 223 cm³/mol. The van der Waals surface area contributed by atoms with Gasteiger partial charge in [-0.15, -0.1) is 0 Å². The molecule has 0 bridgehead atoms. The quantitative estimate of drug-likeness (QED) is 0.182. The van der Waals surface area contributed by atoms with E-state index in [2.05, 4.69) is 152 Å². The number of hydrogen-bond acceptors (Lipinski definition) is 4. The number of hydrogen-bond donors (Lipinski definition) is 0. The van der Waals surface area contributed by atoms with Crippen LogP contribution >= 0.6 is 0 Å². The molecule has 2 heterocycles. The maximum Gasteiger partial charge on any atom is 0.160 e. The van der Waals surface area contributed by atoms with Gasteiger partial charge in [-0.05, 0) is 80.9 Å². The third-order valence-corrected chi connectivity index (χ3v) is 11.4. The molecule has 1 aliphatic heterocycles. The highest BCUT2D eigenvalue weighted by atomic mass is 16.5. The van der Waals surface area contributed by atoms with Crippen LogP contribution < -0.4 is 4.74 Å². The molecule has 8 aromatic carbocycles. The predicted octanol–water partition coefficient (Wildman–Crippen LogP) is 12.6. The molecule has 1 aromatic heterocycles. The Labute approximate surface area is 324 Å². The van der Waals surface area contributed by atoms with Crippen LogP contribution in [0.3, 0.4) is 0 Å². The van der Waals surface area contributed by atoms with Gasteiger partial charge in [0.05, 0.1) is 28.3 Å². The second-order valence-corrected chi connectivity index (χ2v) is 14.4. The molecule has 2 aliphatic rings. The van der Waals surface area contributed by atoms with Crippen LogP contribution in [0.15, 0.2) is 188 Å². The summed E-state index contributed by atoms with van der Waals surface area (Å²) >= 11 is 0. The van der Waals surface area contributed by atoms with Crippen LogP contribution in [0.5, 0.6) is 11.5 Å². The number of nitriles is 1. The van der Waals surface area contributed by atoms with E-state index in [0.717, 1.165) is 72.6 Å². The van der Waals surface area contributed by atoms with Crippen molar-refractivity contribution in [1.82, 2.24) is 9.97 Å². The maximum atomic E-state index is 9.39. The molecule has 0 fully saturated rings. The molecule has 4 heteroatoms. The Balaban J connectivity index is 0.981. The molecule has 0 atom stereocenters. The van der Waals surface area contributed by atoms with E-state index in [1.807, 2.05) is 42.5 Å². The molecule has 4 nitrogen and oxygen atoms in total. The van der Waals surface area contributed by atoms with E-state index in [4.69, 9.17) is 14.7 Å². The van der Waals surface area contributed by atoms with Crippen molar-refractivity contribution in [3.8, 4) is 73.6 Å². The summed E-state index contributed by atoms with van der Waals surface area (Å²) in [6, 6.07) is 67.8. The van der Waals surface area contributed by atoms with Gasteiger partial charge >= 0.3 is 0 Å². The van der Waals surface area contributed by atoms with Gasteiger partial charge in [-0.1, -0.05) is 152 Å². The first-order valence-electron chi connectivity index (χ1n) is 18.8. The number of fused-ring (bicyclic) bond motifs is 10. The van der Waals surface area contributed by atoms with E-state index in [1.54, 1.807) is 0 Å². The summed E-state index contributed by atoms with van der Waals surface area (Å²) < 4.78 is 6.50. The van der Waals surface area contributed by atoms with Crippen LogP contribution in [0.4, 0.5) is 0 Å². The SMILES string of the molecule is N#Cc1cccc(-c2ccc(-c3nc(-c4ccc(-c5ccc6c(c5)-c5ccccc5C65c6ccccc6Oc6ccccc65)cc4)nc4ccccc34)cc2)c1. The number of aromatic nitrogens is 2. The average Bonchev–Trinajstić information content (AvgIpc) is 3.56. The third kappa shape index (κ3) is 4.78. The molecule has 1 spiro atoms. The molecule has 1 aliphatic carbocycles. The lowest BCUT2D eigenvalue weighted by molar-refractivity contribution is 0.436. The zero-order chi connectivity index (χ0) is 37.2. The third-order valence-electron chi connectivity index (χ3n) is 11.4. The molecule has 0 saturated carbocycles. The fourth-order valence-corrected chi connectivity index (χ4v) is 8.86. The summed E-state index contributed by atoms with van der Waals surface area (Å²) in [6.07, 6.45) is 0. The molecule has 0 radical (unpaired) electrons. The van der Waals surface area contributed by atoms with Gasteiger partial charge in [0.1, 0.15) is 11.5 Å². The van der Waals surface area contributed by atoms with Crippen molar-refractivity contribution < 1.29 is 4.74 Å². The van der Waals surface area contributed by atoms with E-state index < -0.39 is 5.41 Å². The smallest absolute Gasteiger partial charge is 0.160 e. The number of ether oxygens (including phenoxy) is 1. The van der Waals surface area contributed by atoms with Gasteiger partial charge in [0.25, 0.3) is 0 Å². The fraction of sp³-hybridized carbons (Fsp3) is 0.0192. The molecule has 0 unspecified atom stereocenters.